The van der Waals surface area contributed by atoms with Gasteiger partial charge in [0, 0.05) is 0 Å². The molecule has 0 spiro atoms. The Hall–Kier alpha value is -1.13. The molecule has 0 bridgehead atoms. The van der Waals surface area contributed by atoms with Crippen LogP contribution >= 0.6 is 11.3 Å². The number of nitrogens with zero attached hydrogens (tertiary/aromatic N) is 1. The lowest BCUT2D eigenvalue weighted by Gasteiger charge is -2.14. The van der Waals surface area contributed by atoms with Crippen molar-refractivity contribution in [1.29, 1.82) is 0 Å². The molecule has 0 aliphatic heterocycles. The van der Waals surface area contributed by atoms with E-state index in [-0.39, 0.29) is 6.04 Å². The first-order valence-electron chi connectivity index (χ1n) is 5.43. The number of rotatable bonds is 4. The van der Waals surface area contributed by atoms with Crippen molar-refractivity contribution >= 4 is 11.3 Å². The number of thiazole rings is 1. The van der Waals surface area contributed by atoms with E-state index in [1.807, 2.05) is 26.0 Å². The fraction of sp³-hybridized carbons (Fsp3) is 0.417. The number of aryl methyl sites for hydroxylation is 2. The fourth-order valence-electron chi connectivity index (χ4n) is 1.80. The average molecular weight is 236 g/mol. The molecule has 2 rings (SSSR count). The van der Waals surface area contributed by atoms with Crippen molar-refractivity contribution in [3.05, 3.63) is 39.7 Å². The third-order valence-electron chi connectivity index (χ3n) is 2.44. The van der Waals surface area contributed by atoms with Gasteiger partial charge in [0.05, 0.1) is 21.8 Å². The highest BCUT2D eigenvalue weighted by atomic mass is 32.1. The Kier molecular flexibility index (Phi) is 3.41. The van der Waals surface area contributed by atoms with Gasteiger partial charge in [-0.25, -0.2) is 4.98 Å². The van der Waals surface area contributed by atoms with Crippen molar-refractivity contribution in [1.82, 2.24) is 10.3 Å². The largest absolute Gasteiger partial charge is 0.467 e. The molecule has 4 heteroatoms. The molecule has 0 saturated carbocycles. The van der Waals surface area contributed by atoms with Crippen LogP contribution < -0.4 is 5.32 Å². The summed E-state index contributed by atoms with van der Waals surface area (Å²) in [7, 11) is 0. The summed E-state index contributed by atoms with van der Waals surface area (Å²) in [6, 6.07) is 4.05. The molecule has 0 amide bonds. The van der Waals surface area contributed by atoms with Crippen LogP contribution in [0.2, 0.25) is 0 Å². The third-order valence-corrected chi connectivity index (χ3v) is 3.58. The molecule has 0 saturated heterocycles. The lowest BCUT2D eigenvalue weighted by atomic mass is 10.1. The second-order valence-corrected chi connectivity index (χ2v) is 4.92. The minimum Gasteiger partial charge on any atom is -0.467 e. The lowest BCUT2D eigenvalue weighted by Crippen LogP contribution is -2.21. The van der Waals surface area contributed by atoms with E-state index in [1.54, 1.807) is 17.6 Å². The van der Waals surface area contributed by atoms with Crippen molar-refractivity contribution in [2.45, 2.75) is 26.8 Å². The van der Waals surface area contributed by atoms with Crippen LogP contribution in [-0.4, -0.2) is 11.5 Å². The SMILES string of the molecule is CCNC(c1ccco1)c1sc(C)nc1C. The third kappa shape index (κ3) is 2.18. The standard InChI is InChI=1S/C12H16N2OS/c1-4-13-11(10-6-5-7-15-10)12-8(2)14-9(3)16-12/h5-7,11,13H,4H2,1-3H3. The minimum atomic E-state index is 0.131. The molecule has 0 aliphatic rings. The summed E-state index contributed by atoms with van der Waals surface area (Å²) in [6.07, 6.45) is 1.71. The first-order chi connectivity index (χ1) is 7.72. The molecule has 3 nitrogen and oxygen atoms in total. The van der Waals surface area contributed by atoms with E-state index in [1.165, 1.54) is 4.88 Å². The molecule has 1 atom stereocenters. The Balaban J connectivity index is 2.36. The molecule has 16 heavy (non-hydrogen) atoms. The smallest absolute Gasteiger partial charge is 0.126 e. The van der Waals surface area contributed by atoms with E-state index in [2.05, 4.69) is 17.2 Å². The van der Waals surface area contributed by atoms with Crippen molar-refractivity contribution in [3.8, 4) is 0 Å². The van der Waals surface area contributed by atoms with E-state index in [4.69, 9.17) is 4.42 Å². The van der Waals surface area contributed by atoms with Gasteiger partial charge in [0.15, 0.2) is 0 Å². The first kappa shape index (κ1) is 11.4. The molecule has 0 aromatic carbocycles. The molecule has 1 N–H and O–H groups in total. The Morgan fingerprint density at radius 2 is 2.31 bits per heavy atom. The summed E-state index contributed by atoms with van der Waals surface area (Å²) in [4.78, 5) is 5.71. The van der Waals surface area contributed by atoms with Crippen LogP contribution in [0.3, 0.4) is 0 Å². The van der Waals surface area contributed by atoms with Gasteiger partial charge in [-0.2, -0.15) is 0 Å². The van der Waals surface area contributed by atoms with Gasteiger partial charge in [-0.3, -0.25) is 0 Å². The molecule has 0 fully saturated rings. The van der Waals surface area contributed by atoms with Crippen LogP contribution in [0.25, 0.3) is 0 Å². The maximum Gasteiger partial charge on any atom is 0.126 e. The highest BCUT2D eigenvalue weighted by Crippen LogP contribution is 2.29. The van der Waals surface area contributed by atoms with Crippen LogP contribution in [0.1, 0.15) is 34.3 Å². The van der Waals surface area contributed by atoms with Crippen LogP contribution in [-0.2, 0) is 0 Å². The topological polar surface area (TPSA) is 38.1 Å². The Morgan fingerprint density at radius 3 is 2.81 bits per heavy atom. The van der Waals surface area contributed by atoms with Crippen molar-refractivity contribution in [2.24, 2.45) is 0 Å². The molecule has 2 aromatic rings. The van der Waals surface area contributed by atoms with Crippen LogP contribution in [0.5, 0.6) is 0 Å². The second-order valence-electron chi connectivity index (χ2n) is 3.69. The summed E-state index contributed by atoms with van der Waals surface area (Å²) >= 11 is 1.73. The van der Waals surface area contributed by atoms with E-state index in [0.29, 0.717) is 0 Å². The van der Waals surface area contributed by atoms with Crippen LogP contribution in [0.15, 0.2) is 22.8 Å². The predicted octanol–water partition coefficient (Wildman–Crippen LogP) is 3.05. The Bertz CT molecular complexity index is 448. The van der Waals surface area contributed by atoms with Crippen molar-refractivity contribution in [2.75, 3.05) is 6.54 Å². The van der Waals surface area contributed by atoms with Gasteiger partial charge >= 0.3 is 0 Å². The molecule has 86 valence electrons. The van der Waals surface area contributed by atoms with Crippen molar-refractivity contribution in [3.63, 3.8) is 0 Å². The fourth-order valence-corrected chi connectivity index (χ4v) is 2.81. The van der Waals surface area contributed by atoms with E-state index >= 15 is 0 Å². The monoisotopic (exact) mass is 236 g/mol. The molecule has 2 aromatic heterocycles. The number of hydrogen-bond donors (Lipinski definition) is 1. The molecular weight excluding hydrogens is 220 g/mol. The van der Waals surface area contributed by atoms with Gasteiger partial charge in [-0.05, 0) is 32.5 Å². The number of hydrogen-bond acceptors (Lipinski definition) is 4. The van der Waals surface area contributed by atoms with Gasteiger partial charge in [-0.1, -0.05) is 6.92 Å². The van der Waals surface area contributed by atoms with Gasteiger partial charge in [-0.15, -0.1) is 11.3 Å². The predicted molar refractivity (Wildman–Crippen MR) is 65.8 cm³/mol. The number of furan rings is 1. The van der Waals surface area contributed by atoms with Crippen LogP contribution in [0.4, 0.5) is 0 Å². The maximum atomic E-state index is 5.48. The van der Waals surface area contributed by atoms with Crippen molar-refractivity contribution < 1.29 is 4.42 Å². The normalized spacial score (nSPS) is 12.9. The average Bonchev–Trinajstić information content (AvgIpc) is 2.85. The Labute approximate surface area is 99.5 Å². The van der Waals surface area contributed by atoms with Gasteiger partial charge in [0.2, 0.25) is 0 Å². The molecule has 2 heterocycles. The molecule has 0 radical (unpaired) electrons. The molecular formula is C12H16N2OS. The summed E-state index contributed by atoms with van der Waals surface area (Å²) in [5, 5.41) is 4.53. The van der Waals surface area contributed by atoms with E-state index in [0.717, 1.165) is 23.0 Å². The highest BCUT2D eigenvalue weighted by Gasteiger charge is 2.20. The van der Waals surface area contributed by atoms with E-state index in [9.17, 15) is 0 Å². The molecule has 1 unspecified atom stereocenters. The number of aromatic nitrogens is 1. The summed E-state index contributed by atoms with van der Waals surface area (Å²) < 4.78 is 5.48. The zero-order valence-electron chi connectivity index (χ0n) is 9.78. The quantitative estimate of drug-likeness (QED) is 0.886. The van der Waals surface area contributed by atoms with Gasteiger partial charge in [0.25, 0.3) is 0 Å². The minimum absolute atomic E-state index is 0.131. The van der Waals surface area contributed by atoms with Gasteiger partial charge < -0.3 is 9.73 Å². The van der Waals surface area contributed by atoms with E-state index < -0.39 is 0 Å². The zero-order chi connectivity index (χ0) is 11.5. The first-order valence-corrected chi connectivity index (χ1v) is 6.24. The maximum absolute atomic E-state index is 5.48. The summed E-state index contributed by atoms with van der Waals surface area (Å²) in [5.74, 6) is 0.952. The number of nitrogens with one attached hydrogen (secondary N) is 1. The van der Waals surface area contributed by atoms with Crippen LogP contribution in [0, 0.1) is 13.8 Å². The Morgan fingerprint density at radius 1 is 1.50 bits per heavy atom. The highest BCUT2D eigenvalue weighted by molar-refractivity contribution is 7.11. The summed E-state index contributed by atoms with van der Waals surface area (Å²) in [5.41, 5.74) is 1.09. The summed E-state index contributed by atoms with van der Waals surface area (Å²) in [6.45, 7) is 7.08. The zero-order valence-corrected chi connectivity index (χ0v) is 10.6. The second kappa shape index (κ2) is 4.80. The molecule has 0 aliphatic carbocycles. The lowest BCUT2D eigenvalue weighted by molar-refractivity contribution is 0.454. The van der Waals surface area contributed by atoms with Gasteiger partial charge in [0.1, 0.15) is 11.8 Å².